The zero-order valence-electron chi connectivity index (χ0n) is 11.8. The lowest BCUT2D eigenvalue weighted by Crippen LogP contribution is -2.05. The van der Waals surface area contributed by atoms with Gasteiger partial charge in [0, 0.05) is 11.1 Å². The third-order valence-electron chi connectivity index (χ3n) is 3.17. The molecule has 3 aromatic rings. The number of hydrogen-bond donors (Lipinski definition) is 1. The molecule has 0 aliphatic rings. The minimum Gasteiger partial charge on any atom is -0.353 e. The SMILES string of the molecule is CCc1cnc(C(C)Nc2nc3ccc(C)cc3s2)s1. The predicted octanol–water partition coefficient (Wildman–Crippen LogP) is 4.80. The fourth-order valence-electron chi connectivity index (χ4n) is 2.03. The molecule has 0 fully saturated rings. The van der Waals surface area contributed by atoms with Crippen LogP contribution in [0.2, 0.25) is 0 Å². The van der Waals surface area contributed by atoms with Crippen LogP contribution in [0.5, 0.6) is 0 Å². The molecule has 1 atom stereocenters. The summed E-state index contributed by atoms with van der Waals surface area (Å²) in [5.74, 6) is 0. The normalized spacial score (nSPS) is 12.8. The molecule has 20 heavy (non-hydrogen) atoms. The Kier molecular flexibility index (Phi) is 3.72. The van der Waals surface area contributed by atoms with Crippen molar-refractivity contribution in [2.24, 2.45) is 0 Å². The van der Waals surface area contributed by atoms with Gasteiger partial charge < -0.3 is 5.32 Å². The molecule has 0 saturated carbocycles. The molecule has 5 heteroatoms. The van der Waals surface area contributed by atoms with Crippen LogP contribution in [0, 0.1) is 6.92 Å². The lowest BCUT2D eigenvalue weighted by Gasteiger charge is -2.08. The van der Waals surface area contributed by atoms with Gasteiger partial charge in [0.25, 0.3) is 0 Å². The van der Waals surface area contributed by atoms with Crippen LogP contribution in [0.4, 0.5) is 5.13 Å². The quantitative estimate of drug-likeness (QED) is 0.752. The Balaban J connectivity index is 1.81. The van der Waals surface area contributed by atoms with E-state index in [4.69, 9.17) is 0 Å². The third kappa shape index (κ3) is 2.69. The highest BCUT2D eigenvalue weighted by Crippen LogP contribution is 2.30. The number of hydrogen-bond acceptors (Lipinski definition) is 5. The Bertz CT molecular complexity index is 730. The van der Waals surface area contributed by atoms with Crippen molar-refractivity contribution in [2.45, 2.75) is 33.2 Å². The Morgan fingerprint density at radius 3 is 2.90 bits per heavy atom. The summed E-state index contributed by atoms with van der Waals surface area (Å²) >= 11 is 3.47. The van der Waals surface area contributed by atoms with E-state index in [1.165, 1.54) is 15.1 Å². The molecule has 2 aromatic heterocycles. The molecule has 3 rings (SSSR count). The summed E-state index contributed by atoms with van der Waals surface area (Å²) in [6, 6.07) is 6.56. The first-order valence-corrected chi connectivity index (χ1v) is 8.37. The van der Waals surface area contributed by atoms with E-state index >= 15 is 0 Å². The molecule has 0 saturated heterocycles. The molecular formula is C15H17N3S2. The summed E-state index contributed by atoms with van der Waals surface area (Å²) in [6.07, 6.45) is 3.02. The summed E-state index contributed by atoms with van der Waals surface area (Å²) in [7, 11) is 0. The molecule has 2 heterocycles. The molecule has 0 radical (unpaired) electrons. The van der Waals surface area contributed by atoms with Gasteiger partial charge in [-0.05, 0) is 38.0 Å². The smallest absolute Gasteiger partial charge is 0.184 e. The minimum absolute atomic E-state index is 0.196. The first kappa shape index (κ1) is 13.5. The summed E-state index contributed by atoms with van der Waals surface area (Å²) in [5.41, 5.74) is 2.33. The van der Waals surface area contributed by atoms with Crippen LogP contribution in [0.25, 0.3) is 10.2 Å². The van der Waals surface area contributed by atoms with Crippen LogP contribution in [0.15, 0.2) is 24.4 Å². The van der Waals surface area contributed by atoms with E-state index in [9.17, 15) is 0 Å². The van der Waals surface area contributed by atoms with Crippen molar-refractivity contribution >= 4 is 38.0 Å². The molecule has 0 amide bonds. The Hall–Kier alpha value is -1.46. The van der Waals surface area contributed by atoms with Gasteiger partial charge in [0.1, 0.15) is 5.01 Å². The summed E-state index contributed by atoms with van der Waals surface area (Å²) in [5, 5.41) is 5.55. The van der Waals surface area contributed by atoms with Crippen molar-refractivity contribution in [1.29, 1.82) is 0 Å². The van der Waals surface area contributed by atoms with Crippen LogP contribution >= 0.6 is 22.7 Å². The average Bonchev–Trinajstić information content (AvgIpc) is 3.03. The highest BCUT2D eigenvalue weighted by Gasteiger charge is 2.12. The lowest BCUT2D eigenvalue weighted by atomic mass is 10.2. The number of rotatable bonds is 4. The fourth-order valence-corrected chi connectivity index (χ4v) is 3.94. The van der Waals surface area contributed by atoms with E-state index in [1.54, 1.807) is 22.7 Å². The van der Waals surface area contributed by atoms with Crippen molar-refractivity contribution in [3.8, 4) is 0 Å². The number of fused-ring (bicyclic) bond motifs is 1. The van der Waals surface area contributed by atoms with Crippen molar-refractivity contribution < 1.29 is 0 Å². The predicted molar refractivity (Wildman–Crippen MR) is 87.9 cm³/mol. The second-order valence-electron chi connectivity index (χ2n) is 4.87. The lowest BCUT2D eigenvalue weighted by molar-refractivity contribution is 0.867. The van der Waals surface area contributed by atoms with E-state index in [0.717, 1.165) is 22.1 Å². The Morgan fingerprint density at radius 1 is 1.30 bits per heavy atom. The number of aromatic nitrogens is 2. The number of thiazole rings is 2. The molecule has 1 N–H and O–H groups in total. The fraction of sp³-hybridized carbons (Fsp3) is 0.333. The van der Waals surface area contributed by atoms with Gasteiger partial charge in [-0.1, -0.05) is 24.3 Å². The van der Waals surface area contributed by atoms with Crippen LogP contribution in [0.1, 0.15) is 35.3 Å². The van der Waals surface area contributed by atoms with E-state index in [-0.39, 0.29) is 6.04 Å². The zero-order chi connectivity index (χ0) is 14.1. The van der Waals surface area contributed by atoms with Crippen LogP contribution in [-0.4, -0.2) is 9.97 Å². The van der Waals surface area contributed by atoms with Crippen molar-refractivity contribution in [3.63, 3.8) is 0 Å². The maximum absolute atomic E-state index is 4.63. The molecule has 0 aliphatic heterocycles. The molecule has 3 nitrogen and oxygen atoms in total. The Morgan fingerprint density at radius 2 is 2.15 bits per heavy atom. The van der Waals surface area contributed by atoms with Gasteiger partial charge >= 0.3 is 0 Å². The number of anilines is 1. The van der Waals surface area contributed by atoms with Gasteiger partial charge in [-0.25, -0.2) is 9.97 Å². The summed E-state index contributed by atoms with van der Waals surface area (Å²) in [4.78, 5) is 10.4. The number of aryl methyl sites for hydroxylation is 2. The maximum atomic E-state index is 4.63. The van der Waals surface area contributed by atoms with Crippen LogP contribution < -0.4 is 5.32 Å². The number of benzene rings is 1. The topological polar surface area (TPSA) is 37.8 Å². The number of nitrogens with zero attached hydrogens (tertiary/aromatic N) is 2. The molecule has 1 aromatic carbocycles. The van der Waals surface area contributed by atoms with E-state index in [1.807, 2.05) is 6.20 Å². The second kappa shape index (κ2) is 5.50. The standard InChI is InChI=1S/C15H17N3S2/c1-4-11-8-16-14(19-11)10(3)17-15-18-12-6-5-9(2)7-13(12)20-15/h5-8,10H,4H2,1-3H3,(H,17,18). The first-order chi connectivity index (χ1) is 9.65. The van der Waals surface area contributed by atoms with Crippen LogP contribution in [-0.2, 0) is 6.42 Å². The van der Waals surface area contributed by atoms with Gasteiger partial charge in [0.05, 0.1) is 16.3 Å². The maximum Gasteiger partial charge on any atom is 0.184 e. The molecule has 104 valence electrons. The molecular weight excluding hydrogens is 286 g/mol. The highest BCUT2D eigenvalue weighted by molar-refractivity contribution is 7.22. The second-order valence-corrected chi connectivity index (χ2v) is 7.05. The van der Waals surface area contributed by atoms with E-state index in [0.29, 0.717) is 0 Å². The van der Waals surface area contributed by atoms with Gasteiger partial charge in [-0.3, -0.25) is 0 Å². The third-order valence-corrected chi connectivity index (χ3v) is 5.45. The zero-order valence-corrected chi connectivity index (χ0v) is 13.4. The van der Waals surface area contributed by atoms with Gasteiger partial charge in [0.15, 0.2) is 5.13 Å². The average molecular weight is 303 g/mol. The Labute approximate surface area is 126 Å². The van der Waals surface area contributed by atoms with Crippen molar-refractivity contribution in [2.75, 3.05) is 5.32 Å². The first-order valence-electron chi connectivity index (χ1n) is 6.74. The van der Waals surface area contributed by atoms with Crippen molar-refractivity contribution in [3.05, 3.63) is 39.8 Å². The molecule has 1 unspecified atom stereocenters. The monoisotopic (exact) mass is 303 g/mol. The number of nitrogens with one attached hydrogen (secondary N) is 1. The molecule has 0 aliphatic carbocycles. The summed E-state index contributed by atoms with van der Waals surface area (Å²) in [6.45, 7) is 6.40. The molecule has 0 spiro atoms. The highest BCUT2D eigenvalue weighted by atomic mass is 32.1. The molecule has 0 bridgehead atoms. The van der Waals surface area contributed by atoms with Gasteiger partial charge in [-0.15, -0.1) is 11.3 Å². The summed E-state index contributed by atoms with van der Waals surface area (Å²) < 4.78 is 1.23. The van der Waals surface area contributed by atoms with E-state index in [2.05, 4.69) is 54.3 Å². The van der Waals surface area contributed by atoms with Crippen LogP contribution in [0.3, 0.4) is 0 Å². The van der Waals surface area contributed by atoms with Crippen molar-refractivity contribution in [1.82, 2.24) is 9.97 Å². The minimum atomic E-state index is 0.196. The van der Waals surface area contributed by atoms with Gasteiger partial charge in [0.2, 0.25) is 0 Å². The van der Waals surface area contributed by atoms with E-state index < -0.39 is 0 Å². The van der Waals surface area contributed by atoms with Gasteiger partial charge in [-0.2, -0.15) is 0 Å². The largest absolute Gasteiger partial charge is 0.353 e.